The average Bonchev–Trinajstić information content (AvgIpc) is 2.59. The first-order valence-electron chi connectivity index (χ1n) is 9.61. The molecule has 1 heterocycles. The molecule has 1 rings (SSSR count). The number of rotatable bonds is 10. The molecule has 1 fully saturated rings. The lowest BCUT2D eigenvalue weighted by Gasteiger charge is -2.34. The highest BCUT2D eigenvalue weighted by molar-refractivity contribution is 14.0. The van der Waals surface area contributed by atoms with E-state index in [4.69, 9.17) is 4.74 Å². The van der Waals surface area contributed by atoms with E-state index in [0.29, 0.717) is 12.0 Å². The summed E-state index contributed by atoms with van der Waals surface area (Å²) in [7, 11) is 1.83. The maximum atomic E-state index is 5.79. The van der Waals surface area contributed by atoms with E-state index in [9.17, 15) is 0 Å². The zero-order chi connectivity index (χ0) is 17.8. The maximum absolute atomic E-state index is 5.79. The highest BCUT2D eigenvalue weighted by Crippen LogP contribution is 2.09. The Kier molecular flexibility index (Phi) is 14.9. The summed E-state index contributed by atoms with van der Waals surface area (Å²) in [5, 5.41) is 6.82. The number of likely N-dealkylation sites (N-methyl/N-ethyl adjacent to an activating group) is 1. The molecule has 0 spiro atoms. The molecule has 1 aliphatic rings. The fraction of sp³-hybridized carbons (Fsp3) is 0.944. The Balaban J connectivity index is 0.00000576. The lowest BCUT2D eigenvalue weighted by atomic mass is 10.0. The molecule has 0 aromatic heterocycles. The van der Waals surface area contributed by atoms with Crippen LogP contribution in [0, 0.1) is 5.92 Å². The van der Waals surface area contributed by atoms with Crippen molar-refractivity contribution in [2.24, 2.45) is 10.9 Å². The van der Waals surface area contributed by atoms with Crippen molar-refractivity contribution in [2.75, 3.05) is 66.0 Å². The summed E-state index contributed by atoms with van der Waals surface area (Å²) in [6.45, 7) is 18.3. The zero-order valence-corrected chi connectivity index (χ0v) is 19.2. The molecule has 0 aromatic rings. The van der Waals surface area contributed by atoms with Gasteiger partial charge in [0.15, 0.2) is 5.96 Å². The zero-order valence-electron chi connectivity index (χ0n) is 16.9. The Morgan fingerprint density at radius 3 is 2.16 bits per heavy atom. The molecule has 0 aromatic carbocycles. The van der Waals surface area contributed by atoms with Crippen LogP contribution in [0.3, 0.4) is 0 Å². The van der Waals surface area contributed by atoms with Gasteiger partial charge in [0.2, 0.25) is 0 Å². The number of hydrogen-bond acceptors (Lipinski definition) is 4. The Morgan fingerprint density at radius 1 is 1.04 bits per heavy atom. The van der Waals surface area contributed by atoms with Gasteiger partial charge in [0, 0.05) is 59.5 Å². The second kappa shape index (κ2) is 15.0. The first-order valence-corrected chi connectivity index (χ1v) is 9.61. The molecule has 0 bridgehead atoms. The molecule has 0 amide bonds. The normalized spacial score (nSPS) is 18.1. The molecule has 150 valence electrons. The molecule has 1 saturated heterocycles. The van der Waals surface area contributed by atoms with Crippen molar-refractivity contribution in [3.8, 4) is 0 Å². The quantitative estimate of drug-likeness (QED) is 0.291. The Bertz CT molecular complexity index is 346. The van der Waals surface area contributed by atoms with Crippen LogP contribution in [0.1, 0.15) is 34.1 Å². The van der Waals surface area contributed by atoms with E-state index in [1.54, 1.807) is 0 Å². The van der Waals surface area contributed by atoms with Crippen LogP contribution >= 0.6 is 24.0 Å². The minimum absolute atomic E-state index is 0. The Hall–Kier alpha value is -0.120. The highest BCUT2D eigenvalue weighted by atomic mass is 127. The molecular weight excluding hydrogens is 429 g/mol. The van der Waals surface area contributed by atoms with Gasteiger partial charge in [-0.3, -0.25) is 9.89 Å². The standard InChI is InChI=1S/C18H39N5O.HI/c1-6-22-12-14-23(15-13-22)11-10-21-18(19-5)20-9-8-17(16(3)4)24-7-2;/h16-17H,6-15H2,1-5H3,(H2,19,20,21);1H. The topological polar surface area (TPSA) is 52.1 Å². The van der Waals surface area contributed by atoms with Gasteiger partial charge in [-0.2, -0.15) is 0 Å². The van der Waals surface area contributed by atoms with Gasteiger partial charge in [0.25, 0.3) is 0 Å². The van der Waals surface area contributed by atoms with E-state index in [-0.39, 0.29) is 24.0 Å². The predicted molar refractivity (Wildman–Crippen MR) is 118 cm³/mol. The molecular formula is C18H40IN5O. The summed E-state index contributed by atoms with van der Waals surface area (Å²) >= 11 is 0. The molecule has 25 heavy (non-hydrogen) atoms. The number of halogens is 1. The van der Waals surface area contributed by atoms with E-state index in [2.05, 4.69) is 53.1 Å². The van der Waals surface area contributed by atoms with Crippen molar-refractivity contribution in [3.63, 3.8) is 0 Å². The summed E-state index contributed by atoms with van der Waals surface area (Å²) in [5.41, 5.74) is 0. The van der Waals surface area contributed by atoms with Crippen molar-refractivity contribution in [2.45, 2.75) is 40.2 Å². The number of guanidine groups is 1. The van der Waals surface area contributed by atoms with Crippen molar-refractivity contribution in [1.29, 1.82) is 0 Å². The smallest absolute Gasteiger partial charge is 0.191 e. The fourth-order valence-corrected chi connectivity index (χ4v) is 3.04. The minimum Gasteiger partial charge on any atom is -0.378 e. The number of nitrogens with one attached hydrogen (secondary N) is 2. The van der Waals surface area contributed by atoms with E-state index >= 15 is 0 Å². The molecule has 1 unspecified atom stereocenters. The molecule has 0 radical (unpaired) electrons. The van der Waals surface area contributed by atoms with E-state index in [1.165, 1.54) is 32.7 Å². The Labute approximate surface area is 172 Å². The molecule has 6 nitrogen and oxygen atoms in total. The first-order chi connectivity index (χ1) is 11.6. The van der Waals surface area contributed by atoms with Crippen molar-refractivity contribution in [1.82, 2.24) is 20.4 Å². The predicted octanol–water partition coefficient (Wildman–Crippen LogP) is 1.86. The van der Waals surface area contributed by atoms with E-state index in [1.807, 2.05) is 7.05 Å². The highest BCUT2D eigenvalue weighted by Gasteiger charge is 2.15. The van der Waals surface area contributed by atoms with Crippen LogP contribution in [0.4, 0.5) is 0 Å². The van der Waals surface area contributed by atoms with Gasteiger partial charge in [-0.05, 0) is 25.8 Å². The number of ether oxygens (including phenoxy) is 1. The average molecular weight is 469 g/mol. The minimum atomic E-state index is 0. The number of piperazine rings is 1. The van der Waals surface area contributed by atoms with Crippen LogP contribution in [-0.2, 0) is 4.74 Å². The maximum Gasteiger partial charge on any atom is 0.191 e. The number of nitrogens with zero attached hydrogens (tertiary/aromatic N) is 3. The van der Waals surface area contributed by atoms with E-state index in [0.717, 1.165) is 38.6 Å². The summed E-state index contributed by atoms with van der Waals surface area (Å²) in [5.74, 6) is 1.43. The molecule has 7 heteroatoms. The second-order valence-corrected chi connectivity index (χ2v) is 6.73. The van der Waals surface area contributed by atoms with Gasteiger partial charge in [-0.15, -0.1) is 24.0 Å². The third-order valence-electron chi connectivity index (χ3n) is 4.70. The Morgan fingerprint density at radius 2 is 1.64 bits per heavy atom. The fourth-order valence-electron chi connectivity index (χ4n) is 3.04. The third-order valence-corrected chi connectivity index (χ3v) is 4.70. The molecule has 2 N–H and O–H groups in total. The second-order valence-electron chi connectivity index (χ2n) is 6.73. The van der Waals surface area contributed by atoms with Gasteiger partial charge < -0.3 is 20.3 Å². The van der Waals surface area contributed by atoms with Crippen LogP contribution < -0.4 is 10.6 Å². The van der Waals surface area contributed by atoms with Crippen molar-refractivity contribution in [3.05, 3.63) is 0 Å². The monoisotopic (exact) mass is 469 g/mol. The summed E-state index contributed by atoms with van der Waals surface area (Å²) in [6, 6.07) is 0. The van der Waals surface area contributed by atoms with Gasteiger partial charge in [-0.1, -0.05) is 20.8 Å². The number of aliphatic imine (C=N–C) groups is 1. The van der Waals surface area contributed by atoms with Crippen LogP contribution in [0.2, 0.25) is 0 Å². The van der Waals surface area contributed by atoms with Gasteiger partial charge >= 0.3 is 0 Å². The molecule has 0 aliphatic carbocycles. The molecule has 0 saturated carbocycles. The number of hydrogen-bond donors (Lipinski definition) is 2. The first kappa shape index (κ1) is 24.9. The lowest BCUT2D eigenvalue weighted by Crippen LogP contribution is -2.49. The summed E-state index contributed by atoms with van der Waals surface area (Å²) in [4.78, 5) is 9.34. The van der Waals surface area contributed by atoms with Crippen molar-refractivity contribution < 1.29 is 4.74 Å². The van der Waals surface area contributed by atoms with Gasteiger partial charge in [0.1, 0.15) is 0 Å². The molecule has 1 atom stereocenters. The summed E-state index contributed by atoms with van der Waals surface area (Å²) in [6.07, 6.45) is 1.32. The van der Waals surface area contributed by atoms with Crippen molar-refractivity contribution >= 4 is 29.9 Å². The van der Waals surface area contributed by atoms with Crippen LogP contribution in [0.5, 0.6) is 0 Å². The third kappa shape index (κ3) is 10.6. The largest absolute Gasteiger partial charge is 0.378 e. The SMILES string of the molecule is CCOC(CCNC(=NC)NCCN1CCN(CC)CC1)C(C)C.I. The van der Waals surface area contributed by atoms with Gasteiger partial charge in [0.05, 0.1) is 6.10 Å². The van der Waals surface area contributed by atoms with Crippen LogP contribution in [-0.4, -0.2) is 87.9 Å². The summed E-state index contributed by atoms with van der Waals surface area (Å²) < 4.78 is 5.79. The van der Waals surface area contributed by atoms with Crippen LogP contribution in [0.15, 0.2) is 4.99 Å². The van der Waals surface area contributed by atoms with E-state index < -0.39 is 0 Å². The van der Waals surface area contributed by atoms with Gasteiger partial charge in [-0.25, -0.2) is 0 Å². The molecule has 1 aliphatic heterocycles. The lowest BCUT2D eigenvalue weighted by molar-refractivity contribution is 0.0258. The van der Waals surface area contributed by atoms with Crippen LogP contribution in [0.25, 0.3) is 0 Å².